The van der Waals surface area contributed by atoms with E-state index >= 15 is 0 Å². The van der Waals surface area contributed by atoms with Gasteiger partial charge >= 0.3 is 0 Å². The Hall–Kier alpha value is 0.110. The average molecular weight is 177 g/mol. The van der Waals surface area contributed by atoms with Crippen LogP contribution < -0.4 is 5.14 Å². The van der Waals surface area contributed by atoms with Gasteiger partial charge in [-0.15, -0.1) is 0 Å². The molecule has 0 aliphatic carbocycles. The van der Waals surface area contributed by atoms with Gasteiger partial charge in [-0.25, -0.2) is 4.21 Å². The topological polar surface area (TPSA) is 43.1 Å². The highest BCUT2D eigenvalue weighted by Gasteiger charge is 2.10. The molecule has 0 radical (unpaired) electrons. The lowest BCUT2D eigenvalue weighted by molar-refractivity contribution is 0.481. The van der Waals surface area contributed by atoms with Crippen molar-refractivity contribution >= 4 is 11.0 Å². The van der Waals surface area contributed by atoms with Crippen molar-refractivity contribution in [2.75, 3.05) is 0 Å². The summed E-state index contributed by atoms with van der Waals surface area (Å²) in [5, 5.41) is 5.40. The predicted octanol–water partition coefficient (Wildman–Crippen LogP) is 1.82. The summed E-state index contributed by atoms with van der Waals surface area (Å²) in [6, 6.07) is 0. The summed E-state index contributed by atoms with van der Waals surface area (Å²) in [7, 11) is -1.13. The first-order valence-corrected chi connectivity index (χ1v) is 5.50. The minimum absolute atomic E-state index is 0.150. The van der Waals surface area contributed by atoms with Crippen molar-refractivity contribution in [1.82, 2.24) is 0 Å². The highest BCUT2D eigenvalue weighted by molar-refractivity contribution is 7.83. The number of hydrogen-bond acceptors (Lipinski definition) is 1. The van der Waals surface area contributed by atoms with Crippen LogP contribution in [0.4, 0.5) is 0 Å². The van der Waals surface area contributed by atoms with E-state index in [-0.39, 0.29) is 5.25 Å². The molecule has 11 heavy (non-hydrogen) atoms. The Balaban J connectivity index is 3.56. The molecular formula is C8H19NOS. The van der Waals surface area contributed by atoms with Gasteiger partial charge in [-0.2, -0.15) is 0 Å². The fourth-order valence-electron chi connectivity index (χ4n) is 1.27. The molecule has 2 nitrogen and oxygen atoms in total. The summed E-state index contributed by atoms with van der Waals surface area (Å²) >= 11 is 0. The highest BCUT2D eigenvalue weighted by Crippen LogP contribution is 2.13. The molecule has 0 spiro atoms. The van der Waals surface area contributed by atoms with E-state index in [1.54, 1.807) is 0 Å². The van der Waals surface area contributed by atoms with Gasteiger partial charge < -0.3 is 0 Å². The zero-order valence-electron chi connectivity index (χ0n) is 7.67. The molecule has 0 aliphatic rings. The van der Waals surface area contributed by atoms with E-state index < -0.39 is 11.0 Å². The van der Waals surface area contributed by atoms with E-state index in [0.29, 0.717) is 5.92 Å². The normalized spacial score (nSPS) is 19.3. The third-order valence-corrected chi connectivity index (χ3v) is 2.90. The molecule has 3 heteroatoms. The molecule has 3 atom stereocenters. The van der Waals surface area contributed by atoms with E-state index in [0.717, 1.165) is 6.42 Å². The zero-order valence-corrected chi connectivity index (χ0v) is 8.49. The molecule has 0 saturated carbocycles. The minimum Gasteiger partial charge on any atom is -0.252 e. The number of nitrogens with two attached hydrogens (primary N) is 1. The third kappa shape index (κ3) is 5.39. The third-order valence-electron chi connectivity index (χ3n) is 1.91. The quantitative estimate of drug-likeness (QED) is 0.684. The van der Waals surface area contributed by atoms with Crippen molar-refractivity contribution in [2.45, 2.75) is 45.3 Å². The van der Waals surface area contributed by atoms with Crippen molar-refractivity contribution in [2.24, 2.45) is 11.1 Å². The molecule has 0 fully saturated rings. The first kappa shape index (κ1) is 11.1. The van der Waals surface area contributed by atoms with Crippen molar-refractivity contribution in [3.05, 3.63) is 0 Å². The lowest BCUT2D eigenvalue weighted by Gasteiger charge is -2.13. The summed E-state index contributed by atoms with van der Waals surface area (Å²) in [6.07, 6.45) is 3.39. The summed E-state index contributed by atoms with van der Waals surface area (Å²) in [4.78, 5) is 0. The lowest BCUT2D eigenvalue weighted by atomic mass is 10.0. The summed E-state index contributed by atoms with van der Waals surface area (Å²) < 4.78 is 10.8. The number of rotatable bonds is 5. The summed E-state index contributed by atoms with van der Waals surface area (Å²) in [5.41, 5.74) is 0. The molecule has 0 aromatic heterocycles. The minimum atomic E-state index is -1.13. The van der Waals surface area contributed by atoms with Crippen LogP contribution in [0.5, 0.6) is 0 Å². The van der Waals surface area contributed by atoms with Gasteiger partial charge in [-0.05, 0) is 19.3 Å². The molecule has 68 valence electrons. The first-order valence-electron chi connectivity index (χ1n) is 4.22. The molecule has 0 rings (SSSR count). The van der Waals surface area contributed by atoms with Gasteiger partial charge in [0.1, 0.15) is 0 Å². The Bertz CT molecular complexity index is 127. The second kappa shape index (κ2) is 5.72. The molecule has 0 saturated heterocycles. The van der Waals surface area contributed by atoms with Gasteiger partial charge in [-0.3, -0.25) is 5.14 Å². The van der Waals surface area contributed by atoms with Gasteiger partial charge in [0.05, 0.1) is 11.0 Å². The van der Waals surface area contributed by atoms with Crippen LogP contribution >= 0.6 is 0 Å². The van der Waals surface area contributed by atoms with E-state index in [1.807, 2.05) is 6.92 Å². The summed E-state index contributed by atoms with van der Waals surface area (Å²) in [6.45, 7) is 6.30. The lowest BCUT2D eigenvalue weighted by Crippen LogP contribution is -2.20. The fraction of sp³-hybridized carbons (Fsp3) is 1.00. The van der Waals surface area contributed by atoms with E-state index in [9.17, 15) is 4.21 Å². The molecule has 0 bridgehead atoms. The molecule has 0 amide bonds. The largest absolute Gasteiger partial charge is 0.252 e. The second-order valence-corrected chi connectivity index (χ2v) is 4.73. The maximum absolute atomic E-state index is 10.8. The van der Waals surface area contributed by atoms with Crippen LogP contribution in [0.1, 0.15) is 40.0 Å². The van der Waals surface area contributed by atoms with Crippen molar-refractivity contribution in [1.29, 1.82) is 0 Å². The Morgan fingerprint density at radius 2 is 2.00 bits per heavy atom. The van der Waals surface area contributed by atoms with Crippen LogP contribution in [-0.4, -0.2) is 9.46 Å². The first-order chi connectivity index (χ1) is 5.07. The van der Waals surface area contributed by atoms with Crippen LogP contribution in [0, 0.1) is 5.92 Å². The van der Waals surface area contributed by atoms with Gasteiger partial charge in [0.15, 0.2) is 0 Å². The maximum Gasteiger partial charge on any atom is 0.0916 e. The Labute approximate surface area is 72.1 Å². The Morgan fingerprint density at radius 3 is 2.36 bits per heavy atom. The monoisotopic (exact) mass is 177 g/mol. The van der Waals surface area contributed by atoms with Crippen LogP contribution in [0.3, 0.4) is 0 Å². The van der Waals surface area contributed by atoms with Gasteiger partial charge in [0, 0.05) is 5.25 Å². The van der Waals surface area contributed by atoms with Crippen LogP contribution in [-0.2, 0) is 11.0 Å². The second-order valence-electron chi connectivity index (χ2n) is 3.27. The van der Waals surface area contributed by atoms with Crippen molar-refractivity contribution in [3.8, 4) is 0 Å². The fourth-order valence-corrected chi connectivity index (χ4v) is 1.79. The highest BCUT2D eigenvalue weighted by atomic mass is 32.2. The van der Waals surface area contributed by atoms with E-state index in [4.69, 9.17) is 5.14 Å². The molecule has 2 N–H and O–H groups in total. The molecular weight excluding hydrogens is 158 g/mol. The molecule has 0 aromatic rings. The van der Waals surface area contributed by atoms with E-state index in [2.05, 4.69) is 13.8 Å². The standard InChI is InChI=1S/C8H19NOS/c1-4-5-7(2)6-8(3)11(9)10/h7-8H,4-6,9H2,1-3H3/t7-,8?,11?/m1/s1. The van der Waals surface area contributed by atoms with Crippen LogP contribution in [0.25, 0.3) is 0 Å². The van der Waals surface area contributed by atoms with Gasteiger partial charge in [0.25, 0.3) is 0 Å². The molecule has 0 aliphatic heterocycles. The SMILES string of the molecule is CCC[C@@H](C)CC(C)S(N)=O. The van der Waals surface area contributed by atoms with Crippen molar-refractivity contribution in [3.63, 3.8) is 0 Å². The molecule has 0 heterocycles. The summed E-state index contributed by atoms with van der Waals surface area (Å²) in [5.74, 6) is 0.655. The Morgan fingerprint density at radius 1 is 1.45 bits per heavy atom. The van der Waals surface area contributed by atoms with Gasteiger partial charge in [-0.1, -0.05) is 26.7 Å². The van der Waals surface area contributed by atoms with Crippen LogP contribution in [0.2, 0.25) is 0 Å². The smallest absolute Gasteiger partial charge is 0.0916 e. The molecule has 0 aromatic carbocycles. The number of hydrogen-bond donors (Lipinski definition) is 1. The van der Waals surface area contributed by atoms with Crippen LogP contribution in [0.15, 0.2) is 0 Å². The molecule has 2 unspecified atom stereocenters. The van der Waals surface area contributed by atoms with Gasteiger partial charge in [0.2, 0.25) is 0 Å². The van der Waals surface area contributed by atoms with E-state index in [1.165, 1.54) is 12.8 Å². The Kier molecular flexibility index (Phi) is 5.78. The maximum atomic E-state index is 10.8. The zero-order chi connectivity index (χ0) is 8.85. The predicted molar refractivity (Wildman–Crippen MR) is 50.5 cm³/mol. The van der Waals surface area contributed by atoms with Crippen molar-refractivity contribution < 1.29 is 4.21 Å². The average Bonchev–Trinajstić information content (AvgIpc) is 1.87.